The molecule has 3 rings (SSSR count). The van der Waals surface area contributed by atoms with Crippen LogP contribution in [0.4, 0.5) is 5.82 Å². The molecule has 2 bridgehead atoms. The van der Waals surface area contributed by atoms with E-state index in [0.717, 1.165) is 5.56 Å². The average Bonchev–Trinajstić information content (AvgIpc) is 3.07. The van der Waals surface area contributed by atoms with Crippen molar-refractivity contribution >= 4 is 5.82 Å². The van der Waals surface area contributed by atoms with Crippen LogP contribution in [0.25, 0.3) is 0 Å². The van der Waals surface area contributed by atoms with Crippen LogP contribution in [0.1, 0.15) is 25.1 Å². The SMILES string of the molecule is C#CCO[C@@H]1C2OC[C@]1(CC)O[C@H]2n1cc(C)c(NC)nc1=O. The molecule has 124 valence electrons. The number of terminal acetylenes is 1. The Balaban J connectivity index is 1.96. The molecule has 1 N–H and O–H groups in total. The number of nitrogens with zero attached hydrogens (tertiary/aromatic N) is 2. The van der Waals surface area contributed by atoms with Crippen LogP contribution in [0, 0.1) is 19.3 Å². The Labute approximate surface area is 134 Å². The van der Waals surface area contributed by atoms with Crippen LogP contribution in [-0.4, -0.2) is 47.6 Å². The van der Waals surface area contributed by atoms with Gasteiger partial charge in [0.1, 0.15) is 30.2 Å². The number of ether oxygens (including phenoxy) is 3. The van der Waals surface area contributed by atoms with E-state index in [-0.39, 0.29) is 24.5 Å². The monoisotopic (exact) mass is 319 g/mol. The van der Waals surface area contributed by atoms with Crippen molar-refractivity contribution in [1.29, 1.82) is 0 Å². The van der Waals surface area contributed by atoms with E-state index in [9.17, 15) is 4.79 Å². The van der Waals surface area contributed by atoms with Crippen LogP contribution in [0.3, 0.4) is 0 Å². The predicted molar refractivity (Wildman–Crippen MR) is 84.2 cm³/mol. The second kappa shape index (κ2) is 5.96. The summed E-state index contributed by atoms with van der Waals surface area (Å²) in [7, 11) is 1.73. The lowest BCUT2D eigenvalue weighted by Gasteiger charge is -2.30. The normalized spacial score (nSPS) is 32.0. The number of hydrogen-bond donors (Lipinski definition) is 1. The number of aromatic nitrogens is 2. The maximum Gasteiger partial charge on any atom is 0.351 e. The molecule has 2 saturated heterocycles. The summed E-state index contributed by atoms with van der Waals surface area (Å²) in [6.45, 7) is 4.52. The molecule has 2 fully saturated rings. The minimum atomic E-state index is -0.568. The third-order valence-electron chi connectivity index (χ3n) is 4.56. The molecule has 0 radical (unpaired) electrons. The first-order valence-corrected chi connectivity index (χ1v) is 7.68. The topological polar surface area (TPSA) is 74.6 Å². The molecule has 1 aromatic rings. The summed E-state index contributed by atoms with van der Waals surface area (Å²) in [4.78, 5) is 16.4. The molecule has 0 aliphatic carbocycles. The molecule has 3 heterocycles. The zero-order valence-electron chi connectivity index (χ0n) is 13.5. The summed E-state index contributed by atoms with van der Waals surface area (Å²) in [5, 5.41) is 2.90. The molecular weight excluding hydrogens is 298 g/mol. The lowest BCUT2D eigenvalue weighted by atomic mass is 9.96. The summed E-state index contributed by atoms with van der Waals surface area (Å²) in [6, 6.07) is 0. The first-order valence-electron chi connectivity index (χ1n) is 7.68. The molecule has 0 amide bonds. The van der Waals surface area contributed by atoms with Crippen LogP contribution in [-0.2, 0) is 14.2 Å². The highest BCUT2D eigenvalue weighted by Crippen LogP contribution is 2.47. The summed E-state index contributed by atoms with van der Waals surface area (Å²) < 4.78 is 19.3. The fourth-order valence-electron chi connectivity index (χ4n) is 3.33. The molecule has 0 spiro atoms. The van der Waals surface area contributed by atoms with Crippen LogP contribution < -0.4 is 11.0 Å². The van der Waals surface area contributed by atoms with Gasteiger partial charge < -0.3 is 19.5 Å². The van der Waals surface area contributed by atoms with Crippen LogP contribution in [0.15, 0.2) is 11.0 Å². The summed E-state index contributed by atoms with van der Waals surface area (Å²) in [6.07, 6.45) is 6.52. The molecule has 23 heavy (non-hydrogen) atoms. The van der Waals surface area contributed by atoms with Crippen molar-refractivity contribution in [2.24, 2.45) is 0 Å². The van der Waals surface area contributed by atoms with Crippen LogP contribution >= 0.6 is 0 Å². The third-order valence-corrected chi connectivity index (χ3v) is 4.56. The van der Waals surface area contributed by atoms with Gasteiger partial charge in [0, 0.05) is 18.8 Å². The molecule has 4 atom stereocenters. The fourth-order valence-corrected chi connectivity index (χ4v) is 3.33. The molecule has 0 aromatic carbocycles. The highest BCUT2D eigenvalue weighted by Gasteiger charge is 2.62. The number of anilines is 1. The summed E-state index contributed by atoms with van der Waals surface area (Å²) >= 11 is 0. The van der Waals surface area contributed by atoms with E-state index >= 15 is 0 Å². The Morgan fingerprint density at radius 2 is 2.43 bits per heavy atom. The van der Waals surface area contributed by atoms with E-state index in [1.807, 2.05) is 13.8 Å². The van der Waals surface area contributed by atoms with Gasteiger partial charge >= 0.3 is 5.69 Å². The van der Waals surface area contributed by atoms with Crippen molar-refractivity contribution in [3.8, 4) is 12.3 Å². The lowest BCUT2D eigenvalue weighted by Crippen LogP contribution is -2.41. The molecular formula is C16H21N3O4. The van der Waals surface area contributed by atoms with Crippen molar-refractivity contribution in [3.05, 3.63) is 22.2 Å². The number of nitrogens with one attached hydrogen (secondary N) is 1. The van der Waals surface area contributed by atoms with Gasteiger partial charge in [-0.15, -0.1) is 6.42 Å². The van der Waals surface area contributed by atoms with Crippen molar-refractivity contribution in [2.45, 2.75) is 44.3 Å². The van der Waals surface area contributed by atoms with Gasteiger partial charge in [0.05, 0.1) is 6.61 Å². The van der Waals surface area contributed by atoms with Gasteiger partial charge in [-0.05, 0) is 13.3 Å². The smallest absolute Gasteiger partial charge is 0.351 e. The largest absolute Gasteiger partial charge is 0.373 e. The molecule has 1 unspecified atom stereocenters. The number of aryl methyl sites for hydroxylation is 1. The van der Waals surface area contributed by atoms with Gasteiger partial charge in [-0.25, -0.2) is 4.79 Å². The third kappa shape index (κ3) is 2.43. The molecule has 2 aliphatic rings. The van der Waals surface area contributed by atoms with E-state index in [1.165, 1.54) is 4.57 Å². The highest BCUT2D eigenvalue weighted by atomic mass is 16.7. The number of hydrogen-bond acceptors (Lipinski definition) is 6. The van der Waals surface area contributed by atoms with Gasteiger partial charge in [-0.1, -0.05) is 12.8 Å². The van der Waals surface area contributed by atoms with Gasteiger partial charge in [0.25, 0.3) is 0 Å². The van der Waals surface area contributed by atoms with Crippen molar-refractivity contribution in [3.63, 3.8) is 0 Å². The van der Waals surface area contributed by atoms with E-state index in [4.69, 9.17) is 20.6 Å². The van der Waals surface area contributed by atoms with Crippen molar-refractivity contribution < 1.29 is 14.2 Å². The quantitative estimate of drug-likeness (QED) is 0.805. The Morgan fingerprint density at radius 3 is 3.09 bits per heavy atom. The van der Waals surface area contributed by atoms with E-state index in [2.05, 4.69) is 16.2 Å². The Kier molecular flexibility index (Phi) is 4.15. The molecule has 7 nitrogen and oxygen atoms in total. The minimum absolute atomic E-state index is 0.188. The van der Waals surface area contributed by atoms with E-state index in [1.54, 1.807) is 13.2 Å². The van der Waals surface area contributed by atoms with Crippen molar-refractivity contribution in [1.82, 2.24) is 9.55 Å². The number of rotatable bonds is 5. The highest BCUT2D eigenvalue weighted by molar-refractivity contribution is 5.40. The number of fused-ring (bicyclic) bond motifs is 2. The van der Waals surface area contributed by atoms with E-state index < -0.39 is 11.8 Å². The maximum atomic E-state index is 12.3. The maximum absolute atomic E-state index is 12.3. The minimum Gasteiger partial charge on any atom is -0.373 e. The standard InChI is InChI=1S/C16H21N3O4/c1-5-7-21-12-11-14(23-16(12,6-2)9-22-11)19-8-10(3)13(17-4)18-15(19)20/h1,8,11-12,14H,6-7,9H2,2-4H3,(H,17,18,20)/t11?,12-,14-,16+/m1/s1. The second-order valence-corrected chi connectivity index (χ2v) is 5.85. The molecule has 0 saturated carbocycles. The summed E-state index contributed by atoms with van der Waals surface area (Å²) in [5.41, 5.74) is -0.102. The second-order valence-electron chi connectivity index (χ2n) is 5.85. The zero-order chi connectivity index (χ0) is 16.6. The summed E-state index contributed by atoms with van der Waals surface area (Å²) in [5.74, 6) is 3.03. The van der Waals surface area contributed by atoms with Gasteiger partial charge in [0.2, 0.25) is 0 Å². The molecule has 7 heteroatoms. The van der Waals surface area contributed by atoms with Gasteiger partial charge in [-0.3, -0.25) is 4.57 Å². The van der Waals surface area contributed by atoms with Crippen molar-refractivity contribution in [2.75, 3.05) is 25.6 Å². The Bertz CT molecular complexity index is 696. The lowest BCUT2D eigenvalue weighted by molar-refractivity contribution is -0.176. The average molecular weight is 319 g/mol. The Morgan fingerprint density at radius 1 is 1.65 bits per heavy atom. The fraction of sp³-hybridized carbons (Fsp3) is 0.625. The first kappa shape index (κ1) is 16.0. The van der Waals surface area contributed by atoms with Crippen LogP contribution in [0.5, 0.6) is 0 Å². The van der Waals surface area contributed by atoms with E-state index in [0.29, 0.717) is 18.8 Å². The zero-order valence-corrected chi connectivity index (χ0v) is 13.5. The van der Waals surface area contributed by atoms with Gasteiger partial charge in [0.15, 0.2) is 6.23 Å². The van der Waals surface area contributed by atoms with Gasteiger partial charge in [-0.2, -0.15) is 4.98 Å². The first-order chi connectivity index (χ1) is 11.1. The predicted octanol–water partition coefficient (Wildman–Crippen LogP) is 0.688. The molecule has 1 aromatic heterocycles. The van der Waals surface area contributed by atoms with Crippen LogP contribution in [0.2, 0.25) is 0 Å². The molecule has 2 aliphatic heterocycles. The Hall–Kier alpha value is -1.88.